The number of anilines is 2. The van der Waals surface area contributed by atoms with Gasteiger partial charge in [-0.2, -0.15) is 0 Å². The summed E-state index contributed by atoms with van der Waals surface area (Å²) < 4.78 is 37.7. The van der Waals surface area contributed by atoms with Gasteiger partial charge in [-0.15, -0.1) is 23.5 Å². The Morgan fingerprint density at radius 3 is 2.18 bits per heavy atom. The van der Waals surface area contributed by atoms with Gasteiger partial charge in [0.2, 0.25) is 15.9 Å². The summed E-state index contributed by atoms with van der Waals surface area (Å²) in [5.74, 6) is -2.03. The number of nitrogens with zero attached hydrogens (tertiary/aromatic N) is 1. The highest BCUT2D eigenvalue weighted by Crippen LogP contribution is 2.44. The number of rotatable bonds is 18. The fourth-order valence-corrected chi connectivity index (χ4v) is 8.76. The normalized spacial score (nSPS) is 15.9. The third-order valence-corrected chi connectivity index (χ3v) is 12.1. The van der Waals surface area contributed by atoms with Gasteiger partial charge in [0.15, 0.2) is 6.61 Å². The number of carboxylic acids is 1. The third-order valence-electron chi connectivity index (χ3n) is 8.80. The van der Waals surface area contributed by atoms with Crippen molar-refractivity contribution in [1.82, 2.24) is 15.4 Å². The maximum atomic E-state index is 14.3. The topological polar surface area (TPSA) is 154 Å². The molecule has 276 valence electrons. The molecule has 3 aromatic rings. The summed E-state index contributed by atoms with van der Waals surface area (Å²) in [6.45, 7) is 4.02. The number of para-hydroxylation sites is 1. The van der Waals surface area contributed by atoms with Crippen molar-refractivity contribution in [1.29, 1.82) is 0 Å². The molecule has 51 heavy (non-hydrogen) atoms. The molecule has 0 saturated carbocycles. The minimum absolute atomic E-state index is 0.0535. The molecule has 0 saturated heterocycles. The molecule has 0 unspecified atom stereocenters. The molecule has 14 heteroatoms. The quantitative estimate of drug-likeness (QED) is 0.112. The smallest absolute Gasteiger partial charge is 0.318 e. The molecule has 4 N–H and O–H groups in total. The van der Waals surface area contributed by atoms with E-state index in [9.17, 15) is 27.9 Å². The van der Waals surface area contributed by atoms with E-state index in [1.165, 1.54) is 17.8 Å². The van der Waals surface area contributed by atoms with Gasteiger partial charge in [0.05, 0.1) is 16.1 Å². The van der Waals surface area contributed by atoms with Crippen LogP contribution < -0.4 is 25.0 Å². The van der Waals surface area contributed by atoms with Gasteiger partial charge in [0, 0.05) is 24.8 Å². The van der Waals surface area contributed by atoms with E-state index in [0.717, 1.165) is 43.1 Å². The second-order valence-electron chi connectivity index (χ2n) is 12.5. The van der Waals surface area contributed by atoms with Crippen LogP contribution in [-0.4, -0.2) is 74.3 Å². The van der Waals surface area contributed by atoms with Crippen molar-refractivity contribution < 1.29 is 32.6 Å². The van der Waals surface area contributed by atoms with Crippen LogP contribution in [0.4, 0.5) is 11.4 Å². The molecule has 3 aromatic carbocycles. The number of benzene rings is 3. The number of carbonyl (C=O) groups is 3. The SMILES string of the molecule is CCCCC1(CCCC)CN(c2ccccc2)c2cc(SC)c(OCC(=O)N[C@@H](C(=O)NC[C@@H](SC)C(=O)O)c3ccccc3)cc2S(=O)(=O)N1. The maximum Gasteiger partial charge on any atom is 0.318 e. The number of hydrogen-bond acceptors (Lipinski definition) is 9. The number of hydrogen-bond donors (Lipinski definition) is 4. The molecule has 2 atom stereocenters. The van der Waals surface area contributed by atoms with Crippen LogP contribution in [0.5, 0.6) is 5.75 Å². The molecule has 0 radical (unpaired) electrons. The molecule has 0 aromatic heterocycles. The summed E-state index contributed by atoms with van der Waals surface area (Å²) >= 11 is 2.46. The number of ether oxygens (including phenoxy) is 1. The lowest BCUT2D eigenvalue weighted by Gasteiger charge is -2.37. The second-order valence-corrected chi connectivity index (χ2v) is 16.0. The summed E-state index contributed by atoms with van der Waals surface area (Å²) in [5.41, 5.74) is 1.19. The van der Waals surface area contributed by atoms with Crippen LogP contribution in [0, 0.1) is 0 Å². The Labute approximate surface area is 309 Å². The van der Waals surface area contributed by atoms with Gasteiger partial charge in [-0.1, -0.05) is 88.1 Å². The van der Waals surface area contributed by atoms with Crippen LogP contribution in [0.15, 0.2) is 82.6 Å². The molecular weight excluding hydrogens is 709 g/mol. The Kier molecular flexibility index (Phi) is 14.7. The average Bonchev–Trinajstić information content (AvgIpc) is 3.22. The summed E-state index contributed by atoms with van der Waals surface area (Å²) in [4.78, 5) is 40.8. The van der Waals surface area contributed by atoms with Crippen LogP contribution in [0.2, 0.25) is 0 Å². The number of carbonyl (C=O) groups excluding carboxylic acids is 2. The number of sulfonamides is 1. The first kappa shape index (κ1) is 40.1. The van der Waals surface area contributed by atoms with Crippen LogP contribution >= 0.6 is 23.5 Å². The lowest BCUT2D eigenvalue weighted by Crippen LogP contribution is -2.53. The number of thioether (sulfide) groups is 2. The first-order valence-corrected chi connectivity index (χ1v) is 21.1. The molecule has 1 aliphatic rings. The van der Waals surface area contributed by atoms with Crippen molar-refractivity contribution >= 4 is 62.7 Å². The number of amides is 2. The van der Waals surface area contributed by atoms with E-state index < -0.39 is 51.2 Å². The first-order chi connectivity index (χ1) is 24.5. The highest BCUT2D eigenvalue weighted by atomic mass is 32.2. The Morgan fingerprint density at radius 2 is 1.61 bits per heavy atom. The predicted molar refractivity (Wildman–Crippen MR) is 205 cm³/mol. The lowest BCUT2D eigenvalue weighted by molar-refractivity contribution is -0.136. The summed E-state index contributed by atoms with van der Waals surface area (Å²) in [6, 6.07) is 20.5. The number of nitrogens with one attached hydrogen (secondary N) is 3. The van der Waals surface area contributed by atoms with Crippen LogP contribution in [-0.2, 0) is 24.4 Å². The van der Waals surface area contributed by atoms with E-state index in [4.69, 9.17) is 4.74 Å². The monoisotopic (exact) mass is 756 g/mol. The average molecular weight is 757 g/mol. The van der Waals surface area contributed by atoms with E-state index in [0.29, 0.717) is 35.5 Å². The van der Waals surface area contributed by atoms with Crippen molar-refractivity contribution in [2.24, 2.45) is 0 Å². The van der Waals surface area contributed by atoms with Gasteiger partial charge in [-0.25, -0.2) is 13.1 Å². The van der Waals surface area contributed by atoms with E-state index in [1.807, 2.05) is 36.6 Å². The van der Waals surface area contributed by atoms with Crippen LogP contribution in [0.1, 0.15) is 64.0 Å². The summed E-state index contributed by atoms with van der Waals surface area (Å²) in [5, 5.41) is 13.9. The zero-order valence-electron chi connectivity index (χ0n) is 29.5. The predicted octanol–water partition coefficient (Wildman–Crippen LogP) is 6.13. The standard InChI is InChI=1S/C37H48N4O7S3/c1-5-7-19-37(20-8-6-2)25-41(27-17-13-10-14-18-27)28-21-30(49-3)29(22-32(28)51(46,47)40-37)48-24-33(42)39-34(26-15-11-9-12-16-26)35(43)38-23-31(50-4)36(44)45/h9-18,21-22,31,34,40H,5-8,19-20,23-25H2,1-4H3,(H,38,43)(H,39,42)(H,44,45)/t31-,34-/m1/s1. The Hall–Kier alpha value is -3.72. The van der Waals surface area contributed by atoms with Gasteiger partial charge in [-0.05, 0) is 49.1 Å². The molecule has 0 aliphatic carbocycles. The number of carboxylic acid groups (broad SMARTS) is 1. The highest BCUT2D eigenvalue weighted by molar-refractivity contribution is 8.00. The van der Waals surface area contributed by atoms with E-state index in [-0.39, 0.29) is 17.2 Å². The van der Waals surface area contributed by atoms with E-state index >= 15 is 0 Å². The van der Waals surface area contributed by atoms with Crippen molar-refractivity contribution in [2.45, 2.75) is 79.0 Å². The first-order valence-electron chi connectivity index (χ1n) is 17.1. The molecule has 1 heterocycles. The van der Waals surface area contributed by atoms with Crippen molar-refractivity contribution in [2.75, 3.05) is 37.1 Å². The number of fused-ring (bicyclic) bond motifs is 1. The van der Waals surface area contributed by atoms with E-state index in [1.54, 1.807) is 42.7 Å². The molecule has 4 rings (SSSR count). The zero-order chi connectivity index (χ0) is 37.0. The molecular formula is C37H48N4O7S3. The van der Waals surface area contributed by atoms with Gasteiger partial charge in [0.1, 0.15) is 21.9 Å². The number of unbranched alkanes of at least 4 members (excludes halogenated alkanes) is 2. The van der Waals surface area contributed by atoms with Crippen molar-refractivity contribution in [3.05, 3.63) is 78.4 Å². The highest BCUT2D eigenvalue weighted by Gasteiger charge is 2.42. The van der Waals surface area contributed by atoms with Crippen LogP contribution in [0.25, 0.3) is 0 Å². The van der Waals surface area contributed by atoms with Crippen molar-refractivity contribution in [3.63, 3.8) is 0 Å². The van der Waals surface area contributed by atoms with Crippen molar-refractivity contribution in [3.8, 4) is 5.75 Å². The van der Waals surface area contributed by atoms with Gasteiger partial charge in [0.25, 0.3) is 5.91 Å². The van der Waals surface area contributed by atoms with Gasteiger partial charge < -0.3 is 25.4 Å². The molecule has 1 aliphatic heterocycles. The van der Waals surface area contributed by atoms with Crippen LogP contribution in [0.3, 0.4) is 0 Å². The largest absolute Gasteiger partial charge is 0.483 e. The maximum absolute atomic E-state index is 14.3. The van der Waals surface area contributed by atoms with E-state index in [2.05, 4.69) is 34.1 Å². The molecule has 0 fully saturated rings. The molecule has 2 amide bonds. The third kappa shape index (κ3) is 10.4. The minimum Gasteiger partial charge on any atom is -0.483 e. The zero-order valence-corrected chi connectivity index (χ0v) is 32.0. The molecule has 0 bridgehead atoms. The summed E-state index contributed by atoms with van der Waals surface area (Å²) in [7, 11) is -4.04. The fraction of sp³-hybridized carbons (Fsp3) is 0.432. The Morgan fingerprint density at radius 1 is 0.980 bits per heavy atom. The number of aliphatic carboxylic acids is 1. The Balaban J connectivity index is 1.65. The summed E-state index contributed by atoms with van der Waals surface area (Å²) in [6.07, 6.45) is 8.45. The fourth-order valence-electron chi connectivity index (χ4n) is 6.10. The van der Waals surface area contributed by atoms with Gasteiger partial charge >= 0.3 is 5.97 Å². The molecule has 0 spiro atoms. The van der Waals surface area contributed by atoms with Gasteiger partial charge in [-0.3, -0.25) is 14.4 Å². The lowest BCUT2D eigenvalue weighted by atomic mass is 9.87. The molecule has 11 nitrogen and oxygen atoms in total. The minimum atomic E-state index is -4.04. The Bertz CT molecular complexity index is 1740. The second kappa shape index (κ2) is 18.7.